The lowest BCUT2D eigenvalue weighted by molar-refractivity contribution is -0.145. The van der Waals surface area contributed by atoms with Crippen molar-refractivity contribution in [2.24, 2.45) is 5.73 Å². The van der Waals surface area contributed by atoms with Gasteiger partial charge in [0.1, 0.15) is 10.4 Å². The summed E-state index contributed by atoms with van der Waals surface area (Å²) in [6, 6.07) is 0.150. The number of carbonyl (C=O) groups is 1. The summed E-state index contributed by atoms with van der Waals surface area (Å²) < 4.78 is 0. The van der Waals surface area contributed by atoms with Crippen LogP contribution in [0.15, 0.2) is 11.6 Å². The highest BCUT2D eigenvalue weighted by atomic mass is 32.1. The highest BCUT2D eigenvalue weighted by Crippen LogP contribution is 2.40. The predicted molar refractivity (Wildman–Crippen MR) is 57.9 cm³/mol. The second-order valence-corrected chi connectivity index (χ2v) is 4.96. The summed E-state index contributed by atoms with van der Waals surface area (Å²) in [4.78, 5) is 15.6. The van der Waals surface area contributed by atoms with Crippen LogP contribution in [-0.2, 0) is 10.2 Å². The van der Waals surface area contributed by atoms with Gasteiger partial charge in [0, 0.05) is 17.6 Å². The van der Waals surface area contributed by atoms with Gasteiger partial charge in [-0.3, -0.25) is 4.79 Å². The van der Waals surface area contributed by atoms with Gasteiger partial charge < -0.3 is 10.8 Å². The Bertz CT molecular complexity index is 342. The molecule has 1 saturated carbocycles. The Morgan fingerprint density at radius 1 is 1.60 bits per heavy atom. The van der Waals surface area contributed by atoms with E-state index in [9.17, 15) is 9.90 Å². The van der Waals surface area contributed by atoms with Crippen molar-refractivity contribution in [1.82, 2.24) is 4.98 Å². The Balaban J connectivity index is 2.30. The molecule has 0 spiro atoms. The third-order valence-electron chi connectivity index (χ3n) is 3.13. The molecule has 1 aliphatic rings. The van der Waals surface area contributed by atoms with Gasteiger partial charge in [-0.15, -0.1) is 11.3 Å². The molecule has 4 nitrogen and oxygen atoms in total. The Hall–Kier alpha value is -0.940. The zero-order valence-corrected chi connectivity index (χ0v) is 9.17. The number of hydrogen-bond donors (Lipinski definition) is 2. The molecular formula is C10H14N2O2S. The molecule has 0 aliphatic heterocycles. The van der Waals surface area contributed by atoms with Crippen molar-refractivity contribution >= 4 is 17.3 Å². The van der Waals surface area contributed by atoms with Crippen molar-refractivity contribution in [3.63, 3.8) is 0 Å². The molecule has 82 valence electrons. The Labute approximate surface area is 92.1 Å². The fourth-order valence-electron chi connectivity index (χ4n) is 2.11. The maximum atomic E-state index is 11.4. The van der Waals surface area contributed by atoms with E-state index in [1.807, 2.05) is 5.38 Å². The molecule has 2 rings (SSSR count). The number of thiazole rings is 1. The summed E-state index contributed by atoms with van der Waals surface area (Å²) in [5.74, 6) is -0.760. The smallest absolute Gasteiger partial charge is 0.316 e. The van der Waals surface area contributed by atoms with Gasteiger partial charge in [-0.2, -0.15) is 0 Å². The number of nitrogens with zero attached hydrogens (tertiary/aromatic N) is 1. The number of hydrogen-bond acceptors (Lipinski definition) is 4. The van der Waals surface area contributed by atoms with E-state index in [2.05, 4.69) is 4.98 Å². The minimum Gasteiger partial charge on any atom is -0.481 e. The molecule has 15 heavy (non-hydrogen) atoms. The third kappa shape index (κ3) is 1.77. The van der Waals surface area contributed by atoms with Gasteiger partial charge in [0.15, 0.2) is 0 Å². The number of rotatable bonds is 2. The van der Waals surface area contributed by atoms with E-state index >= 15 is 0 Å². The first kappa shape index (κ1) is 10.6. The minimum absolute atomic E-state index is 0.150. The maximum absolute atomic E-state index is 11.4. The molecule has 5 heteroatoms. The fourth-order valence-corrected chi connectivity index (χ4v) is 3.00. The first-order valence-corrected chi connectivity index (χ1v) is 5.92. The molecule has 0 bridgehead atoms. The molecule has 1 heterocycles. The van der Waals surface area contributed by atoms with E-state index in [4.69, 9.17) is 5.73 Å². The largest absolute Gasteiger partial charge is 0.481 e. The molecule has 0 amide bonds. The molecule has 1 aromatic heterocycles. The van der Waals surface area contributed by atoms with Crippen LogP contribution in [0, 0.1) is 0 Å². The molecule has 3 N–H and O–H groups in total. The van der Waals surface area contributed by atoms with Crippen LogP contribution in [0.5, 0.6) is 0 Å². The van der Waals surface area contributed by atoms with E-state index in [-0.39, 0.29) is 6.04 Å². The average Bonchev–Trinajstić information content (AvgIpc) is 2.72. The van der Waals surface area contributed by atoms with Crippen LogP contribution in [0.2, 0.25) is 0 Å². The van der Waals surface area contributed by atoms with Gasteiger partial charge in [-0.05, 0) is 25.7 Å². The highest BCUT2D eigenvalue weighted by Gasteiger charge is 2.44. The van der Waals surface area contributed by atoms with Crippen LogP contribution in [0.3, 0.4) is 0 Å². The Kier molecular flexibility index (Phi) is 2.75. The summed E-state index contributed by atoms with van der Waals surface area (Å²) >= 11 is 1.43. The predicted octanol–water partition coefficient (Wildman–Crippen LogP) is 1.37. The highest BCUT2D eigenvalue weighted by molar-refractivity contribution is 7.09. The van der Waals surface area contributed by atoms with Crippen molar-refractivity contribution in [3.8, 4) is 0 Å². The van der Waals surface area contributed by atoms with E-state index in [1.165, 1.54) is 11.3 Å². The summed E-state index contributed by atoms with van der Waals surface area (Å²) in [5, 5.41) is 11.9. The van der Waals surface area contributed by atoms with Crippen LogP contribution >= 0.6 is 11.3 Å². The second-order valence-electron chi connectivity index (χ2n) is 4.06. The lowest BCUT2D eigenvalue weighted by atomic mass is 9.73. The van der Waals surface area contributed by atoms with Crippen LogP contribution in [-0.4, -0.2) is 22.1 Å². The first-order chi connectivity index (χ1) is 7.15. The Morgan fingerprint density at radius 3 is 2.73 bits per heavy atom. The summed E-state index contributed by atoms with van der Waals surface area (Å²) in [6.45, 7) is 0. The first-order valence-electron chi connectivity index (χ1n) is 5.04. The average molecular weight is 226 g/mol. The summed E-state index contributed by atoms with van der Waals surface area (Å²) in [5.41, 5.74) is 5.03. The zero-order chi connectivity index (χ0) is 10.9. The van der Waals surface area contributed by atoms with Crippen molar-refractivity contribution < 1.29 is 9.90 Å². The fraction of sp³-hybridized carbons (Fsp3) is 0.600. The molecule has 1 fully saturated rings. The lowest BCUT2D eigenvalue weighted by Crippen LogP contribution is -2.42. The van der Waals surface area contributed by atoms with Crippen molar-refractivity contribution in [1.29, 1.82) is 0 Å². The van der Waals surface area contributed by atoms with Gasteiger partial charge >= 0.3 is 5.97 Å². The van der Waals surface area contributed by atoms with E-state index in [0.717, 1.165) is 17.8 Å². The molecular weight excluding hydrogens is 212 g/mol. The standard InChI is InChI=1S/C10H14N2O2S/c11-7-1-3-10(4-2-7,9(13)14)8-12-5-6-15-8/h5-7H,1-4,11H2,(H,13,14). The van der Waals surface area contributed by atoms with Crippen LogP contribution < -0.4 is 5.73 Å². The number of aromatic nitrogens is 1. The van der Waals surface area contributed by atoms with Gasteiger partial charge in [-0.25, -0.2) is 4.98 Å². The molecule has 0 saturated heterocycles. The van der Waals surface area contributed by atoms with Gasteiger partial charge in [0.05, 0.1) is 0 Å². The van der Waals surface area contributed by atoms with Crippen LogP contribution in [0.25, 0.3) is 0 Å². The monoisotopic (exact) mass is 226 g/mol. The van der Waals surface area contributed by atoms with Crippen LogP contribution in [0.1, 0.15) is 30.7 Å². The lowest BCUT2D eigenvalue weighted by Gasteiger charge is -2.33. The number of carboxylic acid groups (broad SMARTS) is 1. The molecule has 0 unspecified atom stereocenters. The molecule has 1 aliphatic carbocycles. The van der Waals surface area contributed by atoms with Gasteiger partial charge in [0.25, 0.3) is 0 Å². The third-order valence-corrected chi connectivity index (χ3v) is 4.11. The SMILES string of the molecule is NC1CCC(C(=O)O)(c2nccs2)CC1. The summed E-state index contributed by atoms with van der Waals surface area (Å²) in [7, 11) is 0. The maximum Gasteiger partial charge on any atom is 0.316 e. The van der Waals surface area contributed by atoms with E-state index < -0.39 is 11.4 Å². The molecule has 0 atom stereocenters. The number of carboxylic acids is 1. The van der Waals surface area contributed by atoms with Crippen LogP contribution in [0.4, 0.5) is 0 Å². The van der Waals surface area contributed by atoms with Gasteiger partial charge in [-0.1, -0.05) is 0 Å². The molecule has 0 radical (unpaired) electrons. The number of nitrogens with two attached hydrogens (primary N) is 1. The normalized spacial score (nSPS) is 31.4. The topological polar surface area (TPSA) is 76.2 Å². The van der Waals surface area contributed by atoms with E-state index in [1.54, 1.807) is 6.20 Å². The Morgan fingerprint density at radius 2 is 2.27 bits per heavy atom. The quantitative estimate of drug-likeness (QED) is 0.798. The van der Waals surface area contributed by atoms with Crippen molar-refractivity contribution in [3.05, 3.63) is 16.6 Å². The minimum atomic E-state index is -0.774. The van der Waals surface area contributed by atoms with Crippen molar-refractivity contribution in [2.75, 3.05) is 0 Å². The second kappa shape index (κ2) is 3.90. The molecule has 0 aromatic carbocycles. The molecule has 1 aromatic rings. The summed E-state index contributed by atoms with van der Waals surface area (Å²) in [6.07, 6.45) is 4.42. The van der Waals surface area contributed by atoms with Crippen molar-refractivity contribution in [2.45, 2.75) is 37.1 Å². The van der Waals surface area contributed by atoms with Gasteiger partial charge in [0.2, 0.25) is 0 Å². The zero-order valence-electron chi connectivity index (χ0n) is 8.35. The number of aliphatic carboxylic acids is 1. The van der Waals surface area contributed by atoms with E-state index in [0.29, 0.717) is 12.8 Å².